The van der Waals surface area contributed by atoms with Crippen molar-refractivity contribution in [3.63, 3.8) is 0 Å². The van der Waals surface area contributed by atoms with Gasteiger partial charge in [0.2, 0.25) is 0 Å². The lowest BCUT2D eigenvalue weighted by molar-refractivity contribution is 0.317. The van der Waals surface area contributed by atoms with Gasteiger partial charge in [0.15, 0.2) is 0 Å². The quantitative estimate of drug-likeness (QED) is 0.903. The number of anilines is 1. The van der Waals surface area contributed by atoms with Gasteiger partial charge < -0.3 is 15.4 Å². The minimum absolute atomic E-state index is 0.0861. The maximum atomic E-state index is 13.5. The van der Waals surface area contributed by atoms with Gasteiger partial charge in [-0.25, -0.2) is 4.39 Å². The number of benzene rings is 2. The summed E-state index contributed by atoms with van der Waals surface area (Å²) in [5.41, 5.74) is 8.42. The minimum Gasteiger partial charge on any atom is -0.494 e. The molecule has 0 radical (unpaired) electrons. The van der Waals surface area contributed by atoms with Crippen molar-refractivity contribution in [2.75, 3.05) is 24.6 Å². The van der Waals surface area contributed by atoms with E-state index in [1.807, 2.05) is 18.2 Å². The van der Waals surface area contributed by atoms with Gasteiger partial charge in [0.1, 0.15) is 11.6 Å². The number of rotatable bonds is 5. The summed E-state index contributed by atoms with van der Waals surface area (Å²) in [5, 5.41) is 0. The van der Waals surface area contributed by atoms with Crippen molar-refractivity contribution < 1.29 is 9.13 Å². The maximum Gasteiger partial charge on any atom is 0.123 e. The summed E-state index contributed by atoms with van der Waals surface area (Å²) >= 11 is 0. The number of piperidine rings is 1. The molecule has 0 spiro atoms. The fourth-order valence-electron chi connectivity index (χ4n) is 3.32. The molecule has 2 unspecified atom stereocenters. The Morgan fingerprint density at radius 1 is 1.17 bits per heavy atom. The Morgan fingerprint density at radius 2 is 1.96 bits per heavy atom. The van der Waals surface area contributed by atoms with Crippen LogP contribution in [0.2, 0.25) is 0 Å². The third-order valence-electron chi connectivity index (χ3n) is 4.48. The van der Waals surface area contributed by atoms with Crippen molar-refractivity contribution in [3.05, 3.63) is 59.9 Å². The average molecular weight is 328 g/mol. The van der Waals surface area contributed by atoms with Crippen LogP contribution in [0.1, 0.15) is 31.2 Å². The largest absolute Gasteiger partial charge is 0.494 e. The maximum absolute atomic E-state index is 13.5. The van der Waals surface area contributed by atoms with Crippen LogP contribution in [0.25, 0.3) is 0 Å². The second-order valence-corrected chi connectivity index (χ2v) is 6.50. The molecular formula is C20H25FN2O. The van der Waals surface area contributed by atoms with Crippen molar-refractivity contribution in [1.82, 2.24) is 0 Å². The van der Waals surface area contributed by atoms with Gasteiger partial charge in [-0.3, -0.25) is 0 Å². The van der Waals surface area contributed by atoms with E-state index in [1.165, 1.54) is 6.07 Å². The standard InChI is InChI=1S/C20H25FN2O/c1-2-10-24-20-8-6-19(7-9-20)23-13-16(12-18(22)14-23)15-4-3-5-17(21)11-15/h3-9,11,16,18H,2,10,12-14,22H2,1H3. The van der Waals surface area contributed by atoms with Crippen LogP contribution in [0, 0.1) is 5.82 Å². The van der Waals surface area contributed by atoms with Gasteiger partial charge in [-0.1, -0.05) is 19.1 Å². The van der Waals surface area contributed by atoms with Crippen molar-refractivity contribution in [3.8, 4) is 5.75 Å². The van der Waals surface area contributed by atoms with E-state index in [-0.39, 0.29) is 17.8 Å². The normalized spacial score (nSPS) is 20.9. The van der Waals surface area contributed by atoms with E-state index >= 15 is 0 Å². The van der Waals surface area contributed by atoms with Gasteiger partial charge in [-0.2, -0.15) is 0 Å². The highest BCUT2D eigenvalue weighted by atomic mass is 19.1. The van der Waals surface area contributed by atoms with Crippen molar-refractivity contribution in [2.45, 2.75) is 31.7 Å². The van der Waals surface area contributed by atoms with Crippen molar-refractivity contribution >= 4 is 5.69 Å². The highest BCUT2D eigenvalue weighted by Crippen LogP contribution is 2.30. The molecule has 1 fully saturated rings. The molecule has 1 aliphatic heterocycles. The van der Waals surface area contributed by atoms with Crippen LogP contribution in [-0.4, -0.2) is 25.7 Å². The lowest BCUT2D eigenvalue weighted by Gasteiger charge is -2.38. The molecule has 0 aliphatic carbocycles. The van der Waals surface area contributed by atoms with Crippen LogP contribution in [0.5, 0.6) is 5.75 Å². The summed E-state index contributed by atoms with van der Waals surface area (Å²) in [5.74, 6) is 0.958. The van der Waals surface area contributed by atoms with Gasteiger partial charge >= 0.3 is 0 Å². The predicted octanol–water partition coefficient (Wildman–Crippen LogP) is 3.94. The molecule has 2 atom stereocenters. The summed E-state index contributed by atoms with van der Waals surface area (Å²) in [4.78, 5) is 2.29. The van der Waals surface area contributed by atoms with E-state index in [0.717, 1.165) is 49.5 Å². The highest BCUT2D eigenvalue weighted by molar-refractivity contribution is 5.50. The zero-order chi connectivity index (χ0) is 16.9. The fraction of sp³-hybridized carbons (Fsp3) is 0.400. The molecule has 24 heavy (non-hydrogen) atoms. The second kappa shape index (κ2) is 7.67. The van der Waals surface area contributed by atoms with Crippen molar-refractivity contribution in [2.24, 2.45) is 5.73 Å². The van der Waals surface area contributed by atoms with Crippen LogP contribution in [0.15, 0.2) is 48.5 Å². The van der Waals surface area contributed by atoms with E-state index in [9.17, 15) is 4.39 Å². The highest BCUT2D eigenvalue weighted by Gasteiger charge is 2.26. The zero-order valence-electron chi connectivity index (χ0n) is 14.1. The topological polar surface area (TPSA) is 38.5 Å². The Kier molecular flexibility index (Phi) is 5.36. The Balaban J connectivity index is 1.73. The molecule has 1 heterocycles. The summed E-state index contributed by atoms with van der Waals surface area (Å²) in [7, 11) is 0. The third kappa shape index (κ3) is 4.06. The fourth-order valence-corrected chi connectivity index (χ4v) is 3.32. The molecule has 0 saturated carbocycles. The summed E-state index contributed by atoms with van der Waals surface area (Å²) in [6, 6.07) is 15.1. The van der Waals surface area contributed by atoms with Crippen LogP contribution in [0.4, 0.5) is 10.1 Å². The van der Waals surface area contributed by atoms with E-state index in [0.29, 0.717) is 0 Å². The lowest BCUT2D eigenvalue weighted by Crippen LogP contribution is -2.46. The van der Waals surface area contributed by atoms with Crippen LogP contribution in [-0.2, 0) is 0 Å². The van der Waals surface area contributed by atoms with E-state index in [2.05, 4.69) is 24.0 Å². The Labute approximate surface area is 143 Å². The molecular weight excluding hydrogens is 303 g/mol. The molecule has 2 aromatic carbocycles. The molecule has 0 amide bonds. The number of ether oxygens (including phenoxy) is 1. The predicted molar refractivity (Wildman–Crippen MR) is 96.2 cm³/mol. The van der Waals surface area contributed by atoms with E-state index in [1.54, 1.807) is 12.1 Å². The van der Waals surface area contributed by atoms with Crippen LogP contribution >= 0.6 is 0 Å². The summed E-state index contributed by atoms with van der Waals surface area (Å²) < 4.78 is 19.2. The average Bonchev–Trinajstić information content (AvgIpc) is 2.60. The van der Waals surface area contributed by atoms with Gasteiger partial charge in [0.25, 0.3) is 0 Å². The molecule has 4 heteroatoms. The molecule has 1 saturated heterocycles. The third-order valence-corrected chi connectivity index (χ3v) is 4.48. The van der Waals surface area contributed by atoms with Gasteiger partial charge in [-0.15, -0.1) is 0 Å². The molecule has 0 aromatic heterocycles. The number of hydrogen-bond acceptors (Lipinski definition) is 3. The molecule has 3 nitrogen and oxygen atoms in total. The van der Waals surface area contributed by atoms with Gasteiger partial charge in [0.05, 0.1) is 6.61 Å². The van der Waals surface area contributed by atoms with E-state index in [4.69, 9.17) is 10.5 Å². The Hall–Kier alpha value is -2.07. The Morgan fingerprint density at radius 3 is 2.67 bits per heavy atom. The molecule has 128 valence electrons. The summed E-state index contributed by atoms with van der Waals surface area (Å²) in [6.45, 7) is 4.50. The van der Waals surface area contributed by atoms with Crippen LogP contribution < -0.4 is 15.4 Å². The SMILES string of the molecule is CCCOc1ccc(N2CC(N)CC(c3cccc(F)c3)C2)cc1. The van der Waals surface area contributed by atoms with E-state index < -0.39 is 0 Å². The van der Waals surface area contributed by atoms with Gasteiger partial charge in [0, 0.05) is 30.7 Å². The van der Waals surface area contributed by atoms with Crippen LogP contribution in [0.3, 0.4) is 0 Å². The number of halogens is 1. The second-order valence-electron chi connectivity index (χ2n) is 6.50. The first-order valence-corrected chi connectivity index (χ1v) is 8.64. The number of nitrogens with two attached hydrogens (primary N) is 1. The molecule has 1 aliphatic rings. The van der Waals surface area contributed by atoms with Crippen molar-refractivity contribution in [1.29, 1.82) is 0 Å². The monoisotopic (exact) mass is 328 g/mol. The number of nitrogens with zero attached hydrogens (tertiary/aromatic N) is 1. The molecule has 3 rings (SSSR count). The molecule has 2 N–H and O–H groups in total. The smallest absolute Gasteiger partial charge is 0.123 e. The molecule has 0 bridgehead atoms. The first-order chi connectivity index (χ1) is 11.7. The minimum atomic E-state index is -0.185. The summed E-state index contributed by atoms with van der Waals surface area (Å²) in [6.07, 6.45) is 1.88. The zero-order valence-corrected chi connectivity index (χ0v) is 14.1. The first-order valence-electron chi connectivity index (χ1n) is 8.64. The Bertz CT molecular complexity index is 659. The molecule has 2 aromatic rings. The lowest BCUT2D eigenvalue weighted by atomic mass is 9.88. The number of hydrogen-bond donors (Lipinski definition) is 1. The first kappa shape index (κ1) is 16.8. The van der Waals surface area contributed by atoms with Gasteiger partial charge in [-0.05, 0) is 54.8 Å².